The molecule has 3 aromatic rings. The zero-order valence-electron chi connectivity index (χ0n) is 19.1. The Morgan fingerprint density at radius 3 is 2.70 bits per heavy atom. The Hall–Kier alpha value is -3.19. The molecule has 1 saturated heterocycles. The molecule has 0 unspecified atom stereocenters. The molecule has 6 nitrogen and oxygen atoms in total. The van der Waals surface area contributed by atoms with Crippen molar-refractivity contribution < 1.29 is 18.7 Å². The van der Waals surface area contributed by atoms with Crippen LogP contribution >= 0.6 is 0 Å². The van der Waals surface area contributed by atoms with Gasteiger partial charge < -0.3 is 14.0 Å². The van der Waals surface area contributed by atoms with Crippen LogP contribution in [0.2, 0.25) is 0 Å². The first kappa shape index (κ1) is 23.0. The number of halogens is 1. The summed E-state index contributed by atoms with van der Waals surface area (Å²) < 4.78 is 26.6. The van der Waals surface area contributed by atoms with Crippen molar-refractivity contribution in [2.45, 2.75) is 32.9 Å². The third kappa shape index (κ3) is 5.09. The molecule has 2 aromatic carbocycles. The van der Waals surface area contributed by atoms with Crippen molar-refractivity contribution in [2.75, 3.05) is 26.8 Å². The van der Waals surface area contributed by atoms with Crippen LogP contribution in [0.25, 0.3) is 10.9 Å². The average molecular weight is 453 g/mol. The molecule has 0 bridgehead atoms. The third-order valence-corrected chi connectivity index (χ3v) is 6.18. The Kier molecular flexibility index (Phi) is 7.08. The topological polar surface area (TPSA) is 60.8 Å². The van der Waals surface area contributed by atoms with Crippen LogP contribution < -0.4 is 10.3 Å². The molecule has 1 aliphatic rings. The van der Waals surface area contributed by atoms with Gasteiger partial charge in [-0.25, -0.2) is 4.39 Å². The van der Waals surface area contributed by atoms with Gasteiger partial charge >= 0.3 is 5.97 Å². The lowest BCUT2D eigenvalue weighted by Crippen LogP contribution is -2.40. The number of fused-ring (bicyclic) bond motifs is 1. The molecule has 1 atom stereocenters. The quantitative estimate of drug-likeness (QED) is 0.508. The van der Waals surface area contributed by atoms with Gasteiger partial charge in [0.05, 0.1) is 31.7 Å². The zero-order valence-corrected chi connectivity index (χ0v) is 19.1. The highest BCUT2D eigenvalue weighted by atomic mass is 19.1. The third-order valence-electron chi connectivity index (χ3n) is 6.18. The number of esters is 1. The van der Waals surface area contributed by atoms with Crippen LogP contribution in [0.3, 0.4) is 0 Å². The van der Waals surface area contributed by atoms with Gasteiger partial charge in [0.15, 0.2) is 0 Å². The summed E-state index contributed by atoms with van der Waals surface area (Å²) in [6, 6.07) is 13.9. The number of hydrogen-bond donors (Lipinski definition) is 0. The van der Waals surface area contributed by atoms with Gasteiger partial charge in [-0.05, 0) is 56.0 Å². The lowest BCUT2D eigenvalue weighted by molar-refractivity contribution is -0.150. The van der Waals surface area contributed by atoms with E-state index >= 15 is 0 Å². The van der Waals surface area contributed by atoms with E-state index in [0.29, 0.717) is 42.1 Å². The van der Waals surface area contributed by atoms with Gasteiger partial charge in [0.25, 0.3) is 5.56 Å². The van der Waals surface area contributed by atoms with Crippen LogP contribution in [0.1, 0.15) is 30.9 Å². The number of likely N-dealkylation sites (tertiary alicyclic amines) is 1. The van der Waals surface area contributed by atoms with E-state index in [9.17, 15) is 14.0 Å². The van der Waals surface area contributed by atoms with Crippen LogP contribution in [0.5, 0.6) is 5.75 Å². The van der Waals surface area contributed by atoms with Crippen LogP contribution in [0.4, 0.5) is 4.39 Å². The predicted octanol–water partition coefficient (Wildman–Crippen LogP) is 3.97. The zero-order chi connectivity index (χ0) is 23.4. The molecular weight excluding hydrogens is 423 g/mol. The lowest BCUT2D eigenvalue weighted by atomic mass is 9.97. The van der Waals surface area contributed by atoms with Crippen LogP contribution in [-0.2, 0) is 22.6 Å². The maximum atomic E-state index is 14.4. The van der Waals surface area contributed by atoms with E-state index in [0.717, 1.165) is 24.8 Å². The SMILES string of the molecule is CCOC(=O)[C@H]1CCCN(Cc2cc3ccc(OC)cc3n(Cc3ccccc3F)c2=O)C1. The van der Waals surface area contributed by atoms with Gasteiger partial charge in [-0.3, -0.25) is 14.5 Å². The fraction of sp³-hybridized carbons (Fsp3) is 0.385. The molecule has 1 aliphatic heterocycles. The molecule has 0 aliphatic carbocycles. The standard InChI is InChI=1S/C26H29FN2O4/c1-3-33-26(31)20-8-6-12-28(15-20)16-21-13-18-10-11-22(32-2)14-24(18)29(25(21)30)17-19-7-4-5-9-23(19)27/h4-5,7,9-11,13-14,20H,3,6,8,12,15-17H2,1-2H3/t20-/m0/s1. The van der Waals surface area contributed by atoms with Gasteiger partial charge in [0, 0.05) is 30.3 Å². The second kappa shape index (κ2) is 10.2. The second-order valence-corrected chi connectivity index (χ2v) is 8.40. The molecule has 0 radical (unpaired) electrons. The van der Waals surface area contributed by atoms with Crippen molar-refractivity contribution in [3.63, 3.8) is 0 Å². The summed E-state index contributed by atoms with van der Waals surface area (Å²) in [5.41, 5.74) is 1.58. The molecule has 4 rings (SSSR count). The molecule has 1 fully saturated rings. The Labute approximate surface area is 192 Å². The molecule has 0 spiro atoms. The van der Waals surface area contributed by atoms with Gasteiger partial charge in [-0.15, -0.1) is 0 Å². The van der Waals surface area contributed by atoms with Crippen LogP contribution in [0.15, 0.2) is 53.3 Å². The molecule has 7 heteroatoms. The predicted molar refractivity (Wildman–Crippen MR) is 125 cm³/mol. The summed E-state index contributed by atoms with van der Waals surface area (Å²) in [7, 11) is 1.57. The van der Waals surface area contributed by atoms with Crippen LogP contribution in [0, 0.1) is 11.7 Å². The number of carbonyl (C=O) groups is 1. The van der Waals surface area contributed by atoms with E-state index in [4.69, 9.17) is 9.47 Å². The molecule has 0 saturated carbocycles. The minimum atomic E-state index is -0.348. The van der Waals surface area contributed by atoms with Gasteiger partial charge in [0.1, 0.15) is 11.6 Å². The smallest absolute Gasteiger partial charge is 0.310 e. The van der Waals surface area contributed by atoms with Crippen LogP contribution in [-0.4, -0.2) is 42.2 Å². The Morgan fingerprint density at radius 1 is 1.12 bits per heavy atom. The minimum absolute atomic E-state index is 0.120. The van der Waals surface area contributed by atoms with Crippen molar-refractivity contribution in [2.24, 2.45) is 5.92 Å². The summed E-state index contributed by atoms with van der Waals surface area (Å²) in [4.78, 5) is 27.9. The number of rotatable bonds is 7. The van der Waals surface area contributed by atoms with E-state index in [1.54, 1.807) is 42.9 Å². The highest BCUT2D eigenvalue weighted by molar-refractivity contribution is 5.81. The first-order valence-electron chi connectivity index (χ1n) is 11.3. The molecule has 0 N–H and O–H groups in total. The number of carbonyl (C=O) groups excluding carboxylic acids is 1. The van der Waals surface area contributed by atoms with Crippen molar-refractivity contribution in [1.82, 2.24) is 9.47 Å². The summed E-state index contributed by atoms with van der Waals surface area (Å²) in [6.07, 6.45) is 1.67. The van der Waals surface area contributed by atoms with Gasteiger partial charge in [0.2, 0.25) is 0 Å². The number of piperidine rings is 1. The van der Waals surface area contributed by atoms with Crippen molar-refractivity contribution in [1.29, 1.82) is 0 Å². The van der Waals surface area contributed by atoms with Crippen molar-refractivity contribution >= 4 is 16.9 Å². The molecular formula is C26H29FN2O4. The fourth-order valence-corrected chi connectivity index (χ4v) is 4.50. The normalized spacial score (nSPS) is 16.6. The van der Waals surface area contributed by atoms with Gasteiger partial charge in [-0.1, -0.05) is 18.2 Å². The molecule has 1 aromatic heterocycles. The Morgan fingerprint density at radius 2 is 1.94 bits per heavy atom. The van der Waals surface area contributed by atoms with Crippen molar-refractivity contribution in [3.05, 3.63) is 75.8 Å². The molecule has 33 heavy (non-hydrogen) atoms. The van der Waals surface area contributed by atoms with E-state index in [1.165, 1.54) is 6.07 Å². The highest BCUT2D eigenvalue weighted by Gasteiger charge is 2.27. The second-order valence-electron chi connectivity index (χ2n) is 8.40. The van der Waals surface area contributed by atoms with E-state index < -0.39 is 0 Å². The van der Waals surface area contributed by atoms with E-state index in [2.05, 4.69) is 4.90 Å². The summed E-state index contributed by atoms with van der Waals surface area (Å²) in [5, 5.41) is 0.876. The minimum Gasteiger partial charge on any atom is -0.497 e. The summed E-state index contributed by atoms with van der Waals surface area (Å²) in [5.74, 6) is -0.0711. The lowest BCUT2D eigenvalue weighted by Gasteiger charge is -2.31. The average Bonchev–Trinajstić information content (AvgIpc) is 2.83. The number of ether oxygens (including phenoxy) is 2. The molecule has 174 valence electrons. The molecule has 2 heterocycles. The van der Waals surface area contributed by atoms with E-state index in [-0.39, 0.29) is 29.8 Å². The summed E-state index contributed by atoms with van der Waals surface area (Å²) in [6.45, 7) is 4.09. The number of methoxy groups -OCH3 is 1. The Bertz CT molecular complexity index is 1210. The monoisotopic (exact) mass is 452 g/mol. The maximum Gasteiger partial charge on any atom is 0.310 e. The fourth-order valence-electron chi connectivity index (χ4n) is 4.50. The number of pyridine rings is 1. The summed E-state index contributed by atoms with van der Waals surface area (Å²) >= 11 is 0. The number of aromatic nitrogens is 1. The van der Waals surface area contributed by atoms with Gasteiger partial charge in [-0.2, -0.15) is 0 Å². The first-order chi connectivity index (χ1) is 16.0. The number of nitrogens with zero attached hydrogens (tertiary/aromatic N) is 2. The number of benzene rings is 2. The molecule has 0 amide bonds. The van der Waals surface area contributed by atoms with Crippen molar-refractivity contribution in [3.8, 4) is 5.75 Å². The van der Waals surface area contributed by atoms with E-state index in [1.807, 2.05) is 18.2 Å². The highest BCUT2D eigenvalue weighted by Crippen LogP contribution is 2.24. The maximum absolute atomic E-state index is 14.4. The Balaban J connectivity index is 1.70. The number of hydrogen-bond acceptors (Lipinski definition) is 5. The first-order valence-corrected chi connectivity index (χ1v) is 11.3. The largest absolute Gasteiger partial charge is 0.497 e.